The fourth-order valence-electron chi connectivity index (χ4n) is 3.72. The number of rotatable bonds is 8. The Balaban J connectivity index is 1.46. The van der Waals surface area contributed by atoms with Crippen LogP contribution >= 0.6 is 0 Å². The van der Waals surface area contributed by atoms with Gasteiger partial charge in [-0.25, -0.2) is 8.42 Å². The second-order valence-corrected chi connectivity index (χ2v) is 9.82. The zero-order valence-corrected chi connectivity index (χ0v) is 18.6. The van der Waals surface area contributed by atoms with Gasteiger partial charge >= 0.3 is 0 Å². The highest BCUT2D eigenvalue weighted by atomic mass is 32.2. The van der Waals surface area contributed by atoms with Gasteiger partial charge in [-0.1, -0.05) is 12.1 Å². The van der Waals surface area contributed by atoms with Gasteiger partial charge in [0, 0.05) is 58.8 Å². The summed E-state index contributed by atoms with van der Waals surface area (Å²) in [5.41, 5.74) is 6.30. The molecule has 1 amide bonds. The summed E-state index contributed by atoms with van der Waals surface area (Å²) in [5, 5.41) is 9.72. The van der Waals surface area contributed by atoms with E-state index in [-0.39, 0.29) is 24.2 Å². The Morgan fingerprint density at radius 2 is 1.68 bits per heavy atom. The van der Waals surface area contributed by atoms with Crippen LogP contribution in [0.1, 0.15) is 12.0 Å². The van der Waals surface area contributed by atoms with E-state index in [4.69, 9.17) is 15.9 Å². The predicted molar refractivity (Wildman–Crippen MR) is 117 cm³/mol. The average Bonchev–Trinajstić information content (AvgIpc) is 2.75. The van der Waals surface area contributed by atoms with Crippen molar-refractivity contribution < 1.29 is 17.9 Å². The summed E-state index contributed by atoms with van der Waals surface area (Å²) >= 11 is 0. The maximum absolute atomic E-state index is 12.8. The van der Waals surface area contributed by atoms with Gasteiger partial charge in [0.2, 0.25) is 5.91 Å². The van der Waals surface area contributed by atoms with Crippen LogP contribution in [0.25, 0.3) is 0 Å². The van der Waals surface area contributed by atoms with Gasteiger partial charge in [0.1, 0.15) is 5.88 Å². The molecule has 2 saturated heterocycles. The highest BCUT2D eigenvalue weighted by molar-refractivity contribution is 7.91. The fraction of sp³-hybridized carbons (Fsp3) is 0.600. The van der Waals surface area contributed by atoms with Crippen molar-refractivity contribution in [3.8, 4) is 0 Å². The van der Waals surface area contributed by atoms with Gasteiger partial charge in [0.25, 0.3) is 0 Å². The third-order valence-corrected chi connectivity index (χ3v) is 7.22. The lowest BCUT2D eigenvalue weighted by molar-refractivity contribution is -0.132. The number of guanidine groups is 1. The second-order valence-electron chi connectivity index (χ2n) is 7.87. The minimum absolute atomic E-state index is 0.0212. The molecule has 1 aromatic carbocycles. The Hall–Kier alpha value is -2.21. The molecule has 0 atom stereocenters. The van der Waals surface area contributed by atoms with Gasteiger partial charge < -0.3 is 20.7 Å². The average molecular weight is 453 g/mol. The number of hydrogen-bond donors (Lipinski definition) is 3. The Morgan fingerprint density at radius 1 is 1.03 bits per heavy atom. The number of carbonyl (C=O) groups excluding carboxylic acids is 1. The minimum atomic E-state index is -3.43. The number of sulfone groups is 1. The lowest BCUT2D eigenvalue weighted by atomic mass is 10.2. The lowest BCUT2D eigenvalue weighted by Crippen LogP contribution is -2.50. The van der Waals surface area contributed by atoms with Gasteiger partial charge in [0.15, 0.2) is 15.8 Å². The SMILES string of the molecule is N=C(N)NCCC(=O)N1CCN(CS(=O)(=O)c2ccc(CN3CCOCC3)cc2)CC1. The van der Waals surface area contributed by atoms with E-state index in [1.807, 2.05) is 17.0 Å². The molecule has 0 bridgehead atoms. The molecule has 172 valence electrons. The molecular formula is C20H32N6O4S. The molecule has 0 aromatic heterocycles. The number of benzene rings is 1. The molecule has 10 nitrogen and oxygen atoms in total. The Bertz CT molecular complexity index is 847. The number of amides is 1. The van der Waals surface area contributed by atoms with E-state index in [0.717, 1.165) is 38.4 Å². The van der Waals surface area contributed by atoms with Crippen LogP contribution in [0.4, 0.5) is 0 Å². The zero-order valence-electron chi connectivity index (χ0n) is 17.8. The largest absolute Gasteiger partial charge is 0.379 e. The number of ether oxygens (including phenoxy) is 1. The smallest absolute Gasteiger partial charge is 0.224 e. The highest BCUT2D eigenvalue weighted by Gasteiger charge is 2.25. The zero-order chi connectivity index (χ0) is 22.3. The molecule has 2 fully saturated rings. The van der Waals surface area contributed by atoms with Gasteiger partial charge in [-0.3, -0.25) is 20.0 Å². The number of nitrogens with two attached hydrogens (primary N) is 1. The molecule has 2 heterocycles. The summed E-state index contributed by atoms with van der Waals surface area (Å²) in [5.74, 6) is -0.229. The van der Waals surface area contributed by atoms with E-state index in [0.29, 0.717) is 37.6 Å². The summed E-state index contributed by atoms with van der Waals surface area (Å²) in [4.78, 5) is 18.4. The van der Waals surface area contributed by atoms with Crippen molar-refractivity contribution in [2.45, 2.75) is 17.9 Å². The van der Waals surface area contributed by atoms with E-state index in [9.17, 15) is 13.2 Å². The van der Waals surface area contributed by atoms with Crippen molar-refractivity contribution in [1.29, 1.82) is 5.41 Å². The van der Waals surface area contributed by atoms with Gasteiger partial charge in [-0.15, -0.1) is 0 Å². The van der Waals surface area contributed by atoms with E-state index in [1.54, 1.807) is 17.0 Å². The summed E-state index contributed by atoms with van der Waals surface area (Å²) in [6, 6.07) is 7.14. The summed E-state index contributed by atoms with van der Waals surface area (Å²) in [6.07, 6.45) is 0.259. The minimum Gasteiger partial charge on any atom is -0.379 e. The maximum Gasteiger partial charge on any atom is 0.224 e. The molecule has 0 radical (unpaired) electrons. The van der Waals surface area contributed by atoms with Crippen LogP contribution in [0.5, 0.6) is 0 Å². The number of morpholine rings is 1. The first-order valence-electron chi connectivity index (χ1n) is 10.5. The molecule has 3 rings (SSSR count). The maximum atomic E-state index is 12.8. The number of piperazine rings is 1. The van der Waals surface area contributed by atoms with Crippen LogP contribution in [0.15, 0.2) is 29.2 Å². The van der Waals surface area contributed by atoms with Crippen LogP contribution in [0, 0.1) is 5.41 Å². The van der Waals surface area contributed by atoms with Crippen molar-refractivity contribution in [2.24, 2.45) is 5.73 Å². The monoisotopic (exact) mass is 452 g/mol. The topological polar surface area (TPSA) is 132 Å². The van der Waals surface area contributed by atoms with E-state index < -0.39 is 9.84 Å². The third-order valence-electron chi connectivity index (χ3n) is 5.52. The highest BCUT2D eigenvalue weighted by Crippen LogP contribution is 2.16. The molecule has 11 heteroatoms. The van der Waals surface area contributed by atoms with Crippen LogP contribution in [0.3, 0.4) is 0 Å². The molecule has 2 aliphatic rings. The fourth-order valence-corrected chi connectivity index (χ4v) is 5.16. The van der Waals surface area contributed by atoms with Crippen molar-refractivity contribution in [3.63, 3.8) is 0 Å². The summed E-state index contributed by atoms with van der Waals surface area (Å²) < 4.78 is 31.0. The molecule has 2 aliphatic heterocycles. The lowest BCUT2D eigenvalue weighted by Gasteiger charge is -2.34. The molecular weight excluding hydrogens is 420 g/mol. The molecule has 4 N–H and O–H groups in total. The Kier molecular flexibility index (Phi) is 8.24. The van der Waals surface area contributed by atoms with E-state index in [2.05, 4.69) is 10.2 Å². The number of hydrogen-bond acceptors (Lipinski definition) is 7. The van der Waals surface area contributed by atoms with E-state index >= 15 is 0 Å². The van der Waals surface area contributed by atoms with Crippen molar-refractivity contribution in [3.05, 3.63) is 29.8 Å². The number of carbonyl (C=O) groups is 1. The summed E-state index contributed by atoms with van der Waals surface area (Å²) in [7, 11) is -3.43. The van der Waals surface area contributed by atoms with Gasteiger partial charge in [-0.2, -0.15) is 0 Å². The second kappa shape index (κ2) is 10.9. The van der Waals surface area contributed by atoms with Crippen molar-refractivity contribution in [1.82, 2.24) is 20.0 Å². The molecule has 0 spiro atoms. The Labute approximate surface area is 183 Å². The number of nitrogens with one attached hydrogen (secondary N) is 2. The van der Waals surface area contributed by atoms with Gasteiger partial charge in [0.05, 0.1) is 18.1 Å². The van der Waals surface area contributed by atoms with Crippen LogP contribution in [-0.4, -0.2) is 99.9 Å². The molecule has 0 saturated carbocycles. The molecule has 0 aliphatic carbocycles. The third kappa shape index (κ3) is 7.17. The normalized spacial score (nSPS) is 18.6. The molecule has 31 heavy (non-hydrogen) atoms. The first kappa shape index (κ1) is 23.5. The number of nitrogens with zero attached hydrogens (tertiary/aromatic N) is 3. The quantitative estimate of drug-likeness (QED) is 0.347. The first-order valence-corrected chi connectivity index (χ1v) is 12.2. The van der Waals surface area contributed by atoms with Crippen molar-refractivity contribution >= 4 is 21.7 Å². The summed E-state index contributed by atoms with van der Waals surface area (Å²) in [6.45, 7) is 6.39. The van der Waals surface area contributed by atoms with Gasteiger partial charge in [-0.05, 0) is 17.7 Å². The first-order chi connectivity index (χ1) is 14.8. The molecule has 0 unspecified atom stereocenters. The van der Waals surface area contributed by atoms with Crippen molar-refractivity contribution in [2.75, 3.05) is 64.9 Å². The standard InChI is InChI=1S/C20H32N6O4S/c21-20(22)23-6-5-19(27)26-9-7-25(8-10-26)16-31(28,29)18-3-1-17(2-4-18)15-24-11-13-30-14-12-24/h1-4H,5-16H2,(H4,21,22,23). The predicted octanol–water partition coefficient (Wildman–Crippen LogP) is -0.733. The van der Waals surface area contributed by atoms with Crippen LogP contribution in [-0.2, 0) is 25.9 Å². The molecule has 1 aromatic rings. The van der Waals surface area contributed by atoms with Crippen LogP contribution < -0.4 is 11.1 Å². The van der Waals surface area contributed by atoms with E-state index in [1.165, 1.54) is 0 Å². The Morgan fingerprint density at radius 3 is 2.29 bits per heavy atom. The van der Waals surface area contributed by atoms with Crippen LogP contribution in [0.2, 0.25) is 0 Å².